The number of nitrogens with two attached hydrogens (primary N) is 1. The highest BCUT2D eigenvalue weighted by molar-refractivity contribution is 6.36. The Morgan fingerprint density at radius 3 is 2.00 bits per heavy atom. The van der Waals surface area contributed by atoms with Crippen LogP contribution < -0.4 is 11.1 Å². The van der Waals surface area contributed by atoms with Gasteiger partial charge in [0, 0.05) is 24.3 Å². The number of carbonyl (C=O) groups excluding carboxylic acids is 5. The van der Waals surface area contributed by atoms with Crippen LogP contribution in [0.5, 0.6) is 0 Å². The predicted molar refractivity (Wildman–Crippen MR) is 159 cm³/mol. The Bertz CT molecular complexity index is 1140. The maximum Gasteiger partial charge on any atom is 0.408 e. The summed E-state index contributed by atoms with van der Waals surface area (Å²) < 4.78 is 5.50. The lowest BCUT2D eigenvalue weighted by atomic mass is 9.70. The van der Waals surface area contributed by atoms with E-state index in [-0.39, 0.29) is 40.3 Å². The predicted octanol–water partition coefficient (Wildman–Crippen LogP) is 4.79. The highest BCUT2D eigenvalue weighted by atomic mass is 16.6. The Labute approximate surface area is 251 Å². The number of hydrogen-bond acceptors (Lipinski definition) is 6. The maximum atomic E-state index is 14.5. The topological polar surface area (TPSA) is 136 Å². The normalized spacial score (nSPS) is 29.3. The van der Waals surface area contributed by atoms with E-state index >= 15 is 0 Å². The largest absolute Gasteiger partial charge is 0.444 e. The van der Waals surface area contributed by atoms with E-state index in [1.807, 2.05) is 20.8 Å². The molecule has 1 heterocycles. The third kappa shape index (κ3) is 5.17. The molecule has 0 bridgehead atoms. The molecule has 1 unspecified atom stereocenters. The van der Waals surface area contributed by atoms with Gasteiger partial charge in [-0.25, -0.2) is 4.79 Å². The van der Waals surface area contributed by atoms with Gasteiger partial charge in [-0.2, -0.15) is 0 Å². The van der Waals surface area contributed by atoms with Crippen LogP contribution in [0, 0.1) is 39.4 Å². The zero-order valence-corrected chi connectivity index (χ0v) is 27.2. The molecule has 3 saturated carbocycles. The SMILES string of the molecule is C[C@@H]1[C@@H](C(=O)CC(CC2CCC2)C(=O)C(N)=O)N(C(=O)[C@@H](NC(=O)OC(C)(C)C)C(C)(C)C)C[C@@]12C(C)(C)C21CCC1. The van der Waals surface area contributed by atoms with Gasteiger partial charge in [0.1, 0.15) is 11.6 Å². The van der Waals surface area contributed by atoms with Crippen LogP contribution in [0.2, 0.25) is 0 Å². The Morgan fingerprint density at radius 2 is 1.60 bits per heavy atom. The van der Waals surface area contributed by atoms with Crippen molar-refractivity contribution in [2.24, 2.45) is 45.1 Å². The number of nitrogens with one attached hydrogen (secondary N) is 1. The van der Waals surface area contributed by atoms with Crippen LogP contribution in [0.25, 0.3) is 0 Å². The monoisotopic (exact) mass is 587 g/mol. The number of ketones is 2. The van der Waals surface area contributed by atoms with Gasteiger partial charge in [-0.1, -0.05) is 67.2 Å². The molecule has 1 saturated heterocycles. The van der Waals surface area contributed by atoms with E-state index in [9.17, 15) is 24.0 Å². The van der Waals surface area contributed by atoms with Crippen LogP contribution in [0.15, 0.2) is 0 Å². The summed E-state index contributed by atoms with van der Waals surface area (Å²) in [5.74, 6) is -2.83. The van der Waals surface area contributed by atoms with E-state index in [4.69, 9.17) is 10.5 Å². The zero-order chi connectivity index (χ0) is 31.6. The number of hydrogen-bond donors (Lipinski definition) is 2. The number of fused-ring (bicyclic) bond motifs is 1. The highest BCUT2D eigenvalue weighted by Crippen LogP contribution is 2.89. The minimum atomic E-state index is -1.01. The van der Waals surface area contributed by atoms with Crippen molar-refractivity contribution < 1.29 is 28.7 Å². The van der Waals surface area contributed by atoms with Crippen LogP contribution in [-0.4, -0.2) is 58.6 Å². The van der Waals surface area contributed by atoms with Crippen LogP contribution in [0.1, 0.15) is 114 Å². The molecular formula is C33H53N3O6. The van der Waals surface area contributed by atoms with Gasteiger partial charge in [0.25, 0.3) is 5.91 Å². The van der Waals surface area contributed by atoms with Crippen molar-refractivity contribution in [2.75, 3.05) is 6.54 Å². The zero-order valence-electron chi connectivity index (χ0n) is 27.2. The summed E-state index contributed by atoms with van der Waals surface area (Å²) >= 11 is 0. The molecule has 3 N–H and O–H groups in total. The first-order chi connectivity index (χ1) is 19.2. The Balaban J connectivity index is 1.68. The van der Waals surface area contributed by atoms with E-state index in [2.05, 4.69) is 26.1 Å². The molecule has 4 aliphatic rings. The molecule has 2 spiro atoms. The highest BCUT2D eigenvalue weighted by Gasteiger charge is 2.87. The third-order valence-electron chi connectivity index (χ3n) is 11.6. The first-order valence-corrected chi connectivity index (χ1v) is 15.9. The summed E-state index contributed by atoms with van der Waals surface area (Å²) in [7, 11) is 0. The average Bonchev–Trinajstić information content (AvgIpc) is 3.05. The van der Waals surface area contributed by atoms with Crippen molar-refractivity contribution in [3.63, 3.8) is 0 Å². The number of ether oxygens (including phenoxy) is 1. The molecule has 4 rings (SSSR count). The number of amides is 3. The molecular weight excluding hydrogens is 534 g/mol. The van der Waals surface area contributed by atoms with Crippen LogP contribution >= 0.6 is 0 Å². The van der Waals surface area contributed by atoms with Gasteiger partial charge in [-0.15, -0.1) is 0 Å². The molecule has 3 aliphatic carbocycles. The second-order valence-electron chi connectivity index (χ2n) is 16.3. The van der Waals surface area contributed by atoms with Crippen molar-refractivity contribution in [3.8, 4) is 0 Å². The fourth-order valence-corrected chi connectivity index (χ4v) is 9.09. The van der Waals surface area contributed by atoms with E-state index in [0.29, 0.717) is 18.9 Å². The lowest BCUT2D eigenvalue weighted by Gasteiger charge is -2.36. The van der Waals surface area contributed by atoms with Crippen LogP contribution in [0.4, 0.5) is 4.79 Å². The number of Topliss-reactive ketones (excluding diaryl/α,β-unsaturated/α-hetero) is 2. The number of primary amides is 1. The molecule has 9 nitrogen and oxygen atoms in total. The van der Waals surface area contributed by atoms with E-state index in [1.165, 1.54) is 0 Å². The molecule has 0 aromatic heterocycles. The van der Waals surface area contributed by atoms with Crippen LogP contribution in [0.3, 0.4) is 0 Å². The summed E-state index contributed by atoms with van der Waals surface area (Å²) in [6, 6.07) is -1.69. The second kappa shape index (κ2) is 10.6. The van der Waals surface area contributed by atoms with Crippen molar-refractivity contribution >= 4 is 29.5 Å². The molecule has 9 heteroatoms. The van der Waals surface area contributed by atoms with E-state index in [1.54, 1.807) is 25.7 Å². The number of alkyl carbamates (subject to hydrolysis) is 1. The fourth-order valence-electron chi connectivity index (χ4n) is 9.09. The molecule has 42 heavy (non-hydrogen) atoms. The second-order valence-corrected chi connectivity index (χ2v) is 16.3. The first kappa shape index (κ1) is 32.5. The van der Waals surface area contributed by atoms with Gasteiger partial charge in [0.15, 0.2) is 5.78 Å². The number of rotatable bonds is 9. The number of carbonyl (C=O) groups is 5. The Kier molecular flexibility index (Phi) is 8.21. The van der Waals surface area contributed by atoms with E-state index in [0.717, 1.165) is 38.5 Å². The van der Waals surface area contributed by atoms with Crippen molar-refractivity contribution in [3.05, 3.63) is 0 Å². The molecule has 0 aromatic carbocycles. The fraction of sp³-hybridized carbons (Fsp3) is 0.848. The molecule has 3 amide bonds. The number of likely N-dealkylation sites (tertiary alicyclic amines) is 1. The van der Waals surface area contributed by atoms with Gasteiger partial charge in [-0.3, -0.25) is 19.2 Å². The van der Waals surface area contributed by atoms with Crippen LogP contribution in [-0.2, 0) is 23.9 Å². The Hall–Kier alpha value is -2.45. The summed E-state index contributed by atoms with van der Waals surface area (Å²) in [6.45, 7) is 18.0. The number of nitrogens with zero attached hydrogens (tertiary/aromatic N) is 1. The van der Waals surface area contributed by atoms with E-state index < -0.39 is 46.8 Å². The summed E-state index contributed by atoms with van der Waals surface area (Å²) in [6.07, 6.45) is 5.97. The smallest absolute Gasteiger partial charge is 0.408 e. The molecule has 0 aromatic rings. The standard InChI is InChI=1S/C33H53N3O6/c1-19-23(22(37)17-21(24(38)26(34)39)16-20-12-10-13-20)36(18-33(19)31(8,9)32(33)14-11-15-32)27(40)25(29(2,3)4)35-28(41)42-30(5,6)7/h19-21,23,25H,10-18H2,1-9H3,(H2,34,39)(H,35,41)/t19-,21?,23+,25-,33+/m1/s1. The summed E-state index contributed by atoms with van der Waals surface area (Å²) in [5, 5.41) is 2.82. The van der Waals surface area contributed by atoms with Gasteiger partial charge in [-0.05, 0) is 68.1 Å². The molecule has 5 atom stereocenters. The summed E-state index contributed by atoms with van der Waals surface area (Å²) in [5.41, 5.74) is 3.78. The van der Waals surface area contributed by atoms with Gasteiger partial charge >= 0.3 is 6.09 Å². The van der Waals surface area contributed by atoms with Gasteiger partial charge < -0.3 is 20.7 Å². The minimum Gasteiger partial charge on any atom is -0.444 e. The quantitative estimate of drug-likeness (QED) is 0.372. The lowest BCUT2D eigenvalue weighted by molar-refractivity contribution is -0.144. The third-order valence-corrected chi connectivity index (χ3v) is 11.6. The Morgan fingerprint density at radius 1 is 1.00 bits per heavy atom. The molecule has 4 fully saturated rings. The first-order valence-electron chi connectivity index (χ1n) is 15.9. The maximum absolute atomic E-state index is 14.5. The average molecular weight is 588 g/mol. The summed E-state index contributed by atoms with van der Waals surface area (Å²) in [4.78, 5) is 68.2. The molecule has 1 aliphatic heterocycles. The minimum absolute atomic E-state index is 0.0601. The van der Waals surface area contributed by atoms with Gasteiger partial charge in [0.2, 0.25) is 11.7 Å². The molecule has 0 radical (unpaired) electrons. The van der Waals surface area contributed by atoms with Gasteiger partial charge in [0.05, 0.1) is 6.04 Å². The molecule has 236 valence electrons. The lowest BCUT2D eigenvalue weighted by Crippen LogP contribution is -2.57. The van der Waals surface area contributed by atoms with Crippen molar-refractivity contribution in [2.45, 2.75) is 131 Å². The van der Waals surface area contributed by atoms with Crippen molar-refractivity contribution in [1.82, 2.24) is 10.2 Å². The van der Waals surface area contributed by atoms with Crippen molar-refractivity contribution in [1.29, 1.82) is 0 Å².